The number of anilines is 1. The number of aromatic nitrogens is 2. The molecule has 2 heterocycles. The Kier molecular flexibility index (Phi) is 4.32. The lowest BCUT2D eigenvalue weighted by atomic mass is 9.90. The molecular weight excluding hydrogens is 330 g/mol. The van der Waals surface area contributed by atoms with Crippen LogP contribution >= 0.6 is 11.3 Å². The highest BCUT2D eigenvalue weighted by molar-refractivity contribution is 7.14. The summed E-state index contributed by atoms with van der Waals surface area (Å²) in [7, 11) is 0. The number of nitrogens with zero attached hydrogens (tertiary/aromatic N) is 2. The lowest BCUT2D eigenvalue weighted by Gasteiger charge is -2.16. The maximum absolute atomic E-state index is 12.3. The fourth-order valence-electron chi connectivity index (χ4n) is 3.13. The predicted molar refractivity (Wildman–Crippen MR) is 101 cm³/mol. The molecule has 0 spiro atoms. The average molecular weight is 349 g/mol. The molecule has 0 saturated heterocycles. The minimum Gasteiger partial charge on any atom is -0.298 e. The van der Waals surface area contributed by atoms with Crippen LogP contribution in [0.3, 0.4) is 0 Å². The molecule has 0 radical (unpaired) electrons. The number of pyridine rings is 1. The van der Waals surface area contributed by atoms with Crippen LogP contribution in [0.5, 0.6) is 0 Å². The standard InChI is InChI=1S/C20H19N3OS/c1-13-6-7-17(11-21-13)19(24)23-20-22-18(12-25-20)16-9-8-14-4-2-3-5-15(14)10-16/h6-12H,2-5H2,1H3,(H,22,23,24). The van der Waals surface area contributed by atoms with Crippen molar-refractivity contribution in [2.45, 2.75) is 32.6 Å². The van der Waals surface area contributed by atoms with E-state index in [1.54, 1.807) is 12.3 Å². The summed E-state index contributed by atoms with van der Waals surface area (Å²) < 4.78 is 0. The van der Waals surface area contributed by atoms with Crippen LogP contribution < -0.4 is 5.32 Å². The molecule has 1 N–H and O–H groups in total. The van der Waals surface area contributed by atoms with Crippen molar-refractivity contribution in [3.63, 3.8) is 0 Å². The van der Waals surface area contributed by atoms with Gasteiger partial charge < -0.3 is 0 Å². The molecule has 2 aromatic heterocycles. The third-order valence-corrected chi connectivity index (χ3v) is 5.30. The number of thiazole rings is 1. The van der Waals surface area contributed by atoms with Gasteiger partial charge in [-0.15, -0.1) is 11.3 Å². The Morgan fingerprint density at radius 3 is 2.76 bits per heavy atom. The van der Waals surface area contributed by atoms with Gasteiger partial charge in [-0.1, -0.05) is 12.1 Å². The molecule has 0 bridgehead atoms. The van der Waals surface area contributed by atoms with E-state index in [1.165, 1.54) is 41.7 Å². The third kappa shape index (κ3) is 3.46. The van der Waals surface area contributed by atoms with Gasteiger partial charge in [-0.25, -0.2) is 4.98 Å². The quantitative estimate of drug-likeness (QED) is 0.749. The fourth-order valence-corrected chi connectivity index (χ4v) is 3.84. The van der Waals surface area contributed by atoms with Crippen LogP contribution in [0.15, 0.2) is 41.9 Å². The Hall–Kier alpha value is -2.53. The van der Waals surface area contributed by atoms with Crippen molar-refractivity contribution in [3.8, 4) is 11.3 Å². The number of carbonyl (C=O) groups is 1. The van der Waals surface area contributed by atoms with Gasteiger partial charge in [0.25, 0.3) is 5.91 Å². The molecule has 0 aliphatic heterocycles. The minimum absolute atomic E-state index is 0.182. The molecule has 25 heavy (non-hydrogen) atoms. The van der Waals surface area contributed by atoms with E-state index in [4.69, 9.17) is 0 Å². The van der Waals surface area contributed by atoms with Crippen LogP contribution in [-0.4, -0.2) is 15.9 Å². The molecule has 126 valence electrons. The molecular formula is C20H19N3OS. The number of hydrogen-bond donors (Lipinski definition) is 1. The summed E-state index contributed by atoms with van der Waals surface area (Å²) in [5.74, 6) is -0.182. The van der Waals surface area contributed by atoms with E-state index in [9.17, 15) is 4.79 Å². The maximum atomic E-state index is 12.3. The number of rotatable bonds is 3. The minimum atomic E-state index is -0.182. The summed E-state index contributed by atoms with van der Waals surface area (Å²) in [4.78, 5) is 21.0. The lowest BCUT2D eigenvalue weighted by Crippen LogP contribution is -2.12. The fraction of sp³-hybridized carbons (Fsp3) is 0.250. The van der Waals surface area contributed by atoms with Crippen LogP contribution in [0.2, 0.25) is 0 Å². The van der Waals surface area contributed by atoms with Gasteiger partial charge in [0.1, 0.15) is 0 Å². The Balaban J connectivity index is 1.52. The van der Waals surface area contributed by atoms with E-state index in [-0.39, 0.29) is 5.91 Å². The van der Waals surface area contributed by atoms with Gasteiger partial charge >= 0.3 is 0 Å². The van der Waals surface area contributed by atoms with Crippen molar-refractivity contribution in [1.82, 2.24) is 9.97 Å². The summed E-state index contributed by atoms with van der Waals surface area (Å²) >= 11 is 1.44. The summed E-state index contributed by atoms with van der Waals surface area (Å²) in [6.45, 7) is 1.90. The van der Waals surface area contributed by atoms with E-state index in [0.29, 0.717) is 10.7 Å². The number of fused-ring (bicyclic) bond motifs is 1. The number of nitrogens with one attached hydrogen (secondary N) is 1. The zero-order valence-electron chi connectivity index (χ0n) is 14.1. The monoisotopic (exact) mass is 349 g/mol. The largest absolute Gasteiger partial charge is 0.298 e. The highest BCUT2D eigenvalue weighted by Crippen LogP contribution is 2.29. The van der Waals surface area contributed by atoms with Crippen LogP contribution in [0.4, 0.5) is 5.13 Å². The Bertz CT molecular complexity index is 915. The first kappa shape index (κ1) is 16.0. The van der Waals surface area contributed by atoms with Crippen molar-refractivity contribution in [1.29, 1.82) is 0 Å². The lowest BCUT2D eigenvalue weighted by molar-refractivity contribution is 0.102. The van der Waals surface area contributed by atoms with Crippen LogP contribution in [0.25, 0.3) is 11.3 Å². The molecule has 1 aromatic carbocycles. The molecule has 3 aromatic rings. The molecule has 5 heteroatoms. The molecule has 0 saturated carbocycles. The van der Waals surface area contributed by atoms with E-state index in [0.717, 1.165) is 23.4 Å². The Morgan fingerprint density at radius 1 is 1.12 bits per heavy atom. The van der Waals surface area contributed by atoms with Crippen molar-refractivity contribution < 1.29 is 4.79 Å². The Labute approximate surface area is 151 Å². The molecule has 1 aliphatic carbocycles. The van der Waals surface area contributed by atoms with E-state index in [2.05, 4.69) is 33.5 Å². The number of aryl methyl sites for hydroxylation is 3. The van der Waals surface area contributed by atoms with Gasteiger partial charge in [-0.05, 0) is 61.9 Å². The molecule has 0 unspecified atom stereocenters. The average Bonchev–Trinajstić information content (AvgIpc) is 3.10. The van der Waals surface area contributed by atoms with E-state index >= 15 is 0 Å². The zero-order chi connectivity index (χ0) is 17.2. The second-order valence-electron chi connectivity index (χ2n) is 6.37. The highest BCUT2D eigenvalue weighted by Gasteiger charge is 2.13. The van der Waals surface area contributed by atoms with Gasteiger partial charge in [0, 0.05) is 22.8 Å². The van der Waals surface area contributed by atoms with Crippen molar-refractivity contribution in [2.24, 2.45) is 0 Å². The van der Waals surface area contributed by atoms with Crippen molar-refractivity contribution in [2.75, 3.05) is 5.32 Å². The molecule has 1 aliphatic rings. The molecule has 4 nitrogen and oxygen atoms in total. The van der Waals surface area contributed by atoms with Crippen LogP contribution in [-0.2, 0) is 12.8 Å². The van der Waals surface area contributed by atoms with Gasteiger partial charge in [0.2, 0.25) is 0 Å². The second kappa shape index (κ2) is 6.76. The normalized spacial score (nSPS) is 13.3. The summed E-state index contributed by atoms with van der Waals surface area (Å²) in [5, 5.41) is 5.46. The summed E-state index contributed by atoms with van der Waals surface area (Å²) in [6.07, 6.45) is 6.46. The number of hydrogen-bond acceptors (Lipinski definition) is 4. The van der Waals surface area contributed by atoms with E-state index in [1.807, 2.05) is 18.4 Å². The molecule has 0 fully saturated rings. The van der Waals surface area contributed by atoms with Crippen molar-refractivity contribution in [3.05, 3.63) is 64.3 Å². The first-order valence-corrected chi connectivity index (χ1v) is 9.39. The highest BCUT2D eigenvalue weighted by atomic mass is 32.1. The van der Waals surface area contributed by atoms with Crippen LogP contribution in [0, 0.1) is 6.92 Å². The van der Waals surface area contributed by atoms with Gasteiger partial charge in [0.15, 0.2) is 5.13 Å². The van der Waals surface area contributed by atoms with Gasteiger partial charge in [-0.2, -0.15) is 0 Å². The van der Waals surface area contributed by atoms with Crippen molar-refractivity contribution >= 4 is 22.4 Å². The SMILES string of the molecule is Cc1ccc(C(=O)Nc2nc(-c3ccc4c(c3)CCCC4)cs2)cn1. The second-order valence-corrected chi connectivity index (χ2v) is 7.23. The number of carbonyl (C=O) groups excluding carboxylic acids is 1. The summed E-state index contributed by atoms with van der Waals surface area (Å²) in [5.41, 5.74) is 6.36. The smallest absolute Gasteiger partial charge is 0.259 e. The Morgan fingerprint density at radius 2 is 1.96 bits per heavy atom. The first-order valence-electron chi connectivity index (χ1n) is 8.51. The van der Waals surface area contributed by atoms with Gasteiger partial charge in [-0.3, -0.25) is 15.1 Å². The molecule has 4 rings (SSSR count). The summed E-state index contributed by atoms with van der Waals surface area (Å²) in [6, 6.07) is 10.2. The predicted octanol–water partition coefficient (Wildman–Crippen LogP) is 4.64. The number of benzene rings is 1. The van der Waals surface area contributed by atoms with Gasteiger partial charge in [0.05, 0.1) is 11.3 Å². The zero-order valence-corrected chi connectivity index (χ0v) is 14.9. The molecule has 1 amide bonds. The molecule has 0 atom stereocenters. The maximum Gasteiger partial charge on any atom is 0.259 e. The topological polar surface area (TPSA) is 54.9 Å². The number of amides is 1. The third-order valence-electron chi connectivity index (χ3n) is 4.54. The van der Waals surface area contributed by atoms with Crippen LogP contribution in [0.1, 0.15) is 40.0 Å². The van der Waals surface area contributed by atoms with E-state index < -0.39 is 0 Å². The first-order chi connectivity index (χ1) is 12.2.